The van der Waals surface area contributed by atoms with Gasteiger partial charge in [0.25, 0.3) is 0 Å². The van der Waals surface area contributed by atoms with Gasteiger partial charge in [-0.3, -0.25) is 0 Å². The van der Waals surface area contributed by atoms with Gasteiger partial charge in [-0.1, -0.05) is 37.6 Å². The van der Waals surface area contributed by atoms with E-state index in [0.717, 1.165) is 18.4 Å². The Bertz CT molecular complexity index is 681. The van der Waals surface area contributed by atoms with E-state index in [4.69, 9.17) is 11.6 Å². The van der Waals surface area contributed by atoms with Gasteiger partial charge in [-0.25, -0.2) is 18.1 Å². The van der Waals surface area contributed by atoms with E-state index in [1.165, 1.54) is 11.3 Å². The maximum Gasteiger partial charge on any atom is 0.217 e. The summed E-state index contributed by atoms with van der Waals surface area (Å²) < 4.78 is 27.8. The third-order valence-corrected chi connectivity index (χ3v) is 7.56. The van der Waals surface area contributed by atoms with Gasteiger partial charge in [0.2, 0.25) is 10.0 Å². The van der Waals surface area contributed by atoms with Crippen LogP contribution in [0.3, 0.4) is 0 Å². The summed E-state index contributed by atoms with van der Waals surface area (Å²) >= 11 is 7.17. The van der Waals surface area contributed by atoms with Crippen LogP contribution in [-0.4, -0.2) is 19.4 Å². The van der Waals surface area contributed by atoms with Crippen molar-refractivity contribution in [2.45, 2.75) is 38.5 Å². The summed E-state index contributed by atoms with van der Waals surface area (Å²) in [5.74, 6) is 0.827. The standard InChI is InChI=1S/C14H19ClN2O2S2/c1-8-10-4-9(14(10,2)3)5-11(8)17-21(18,19)6-12-13(15)20-7-16-12/h7,9-11,17H,1,4-6H2,2-3H3/t9-,10+,11?/m1/s1. The second-order valence-corrected chi connectivity index (χ2v) is 9.83. The molecule has 3 aliphatic carbocycles. The molecular weight excluding hydrogens is 328 g/mol. The normalized spacial score (nSPS) is 31.0. The van der Waals surface area contributed by atoms with Crippen LogP contribution >= 0.6 is 22.9 Å². The molecule has 1 N–H and O–H groups in total. The van der Waals surface area contributed by atoms with Crippen molar-refractivity contribution < 1.29 is 8.42 Å². The SMILES string of the molecule is C=C1C(NS(=O)(=O)Cc2ncsc2Cl)C[C@H]2C[C@@H]1C2(C)C. The Morgan fingerprint density at radius 3 is 2.76 bits per heavy atom. The zero-order valence-corrected chi connectivity index (χ0v) is 14.5. The first-order valence-electron chi connectivity index (χ1n) is 6.97. The van der Waals surface area contributed by atoms with Crippen molar-refractivity contribution in [3.63, 3.8) is 0 Å². The Labute approximate surface area is 134 Å². The molecule has 1 heterocycles. The van der Waals surface area contributed by atoms with Crippen molar-refractivity contribution in [3.8, 4) is 0 Å². The molecule has 116 valence electrons. The molecule has 4 nitrogen and oxygen atoms in total. The van der Waals surface area contributed by atoms with E-state index in [0.29, 0.717) is 21.9 Å². The molecule has 4 rings (SSSR count). The van der Waals surface area contributed by atoms with Crippen LogP contribution in [0.1, 0.15) is 32.4 Å². The summed E-state index contributed by atoms with van der Waals surface area (Å²) in [6.07, 6.45) is 1.98. The second kappa shape index (κ2) is 5.05. The first-order chi connectivity index (χ1) is 9.71. The lowest BCUT2D eigenvalue weighted by Crippen LogP contribution is -2.57. The number of rotatable bonds is 4. The average molecular weight is 347 g/mol. The lowest BCUT2D eigenvalue weighted by atomic mass is 9.46. The van der Waals surface area contributed by atoms with Crippen LogP contribution in [0.2, 0.25) is 4.34 Å². The smallest absolute Gasteiger partial charge is 0.217 e. The number of sulfonamides is 1. The molecule has 7 heteroatoms. The molecule has 3 saturated carbocycles. The number of hydrogen-bond acceptors (Lipinski definition) is 4. The van der Waals surface area contributed by atoms with Crippen molar-refractivity contribution in [1.82, 2.24) is 9.71 Å². The van der Waals surface area contributed by atoms with Crippen molar-refractivity contribution in [2.24, 2.45) is 17.3 Å². The minimum absolute atomic E-state index is 0.149. The van der Waals surface area contributed by atoms with Gasteiger partial charge in [0.15, 0.2) is 0 Å². The first kappa shape index (κ1) is 15.5. The number of fused-ring (bicyclic) bond motifs is 2. The highest BCUT2D eigenvalue weighted by Crippen LogP contribution is 2.60. The van der Waals surface area contributed by atoms with Crippen LogP contribution in [0.25, 0.3) is 0 Å². The highest BCUT2D eigenvalue weighted by atomic mass is 35.5. The Morgan fingerprint density at radius 2 is 2.24 bits per heavy atom. The Balaban J connectivity index is 1.70. The van der Waals surface area contributed by atoms with E-state index in [2.05, 4.69) is 30.1 Å². The molecule has 0 aromatic carbocycles. The Kier molecular flexibility index (Phi) is 3.72. The van der Waals surface area contributed by atoms with E-state index < -0.39 is 10.0 Å². The molecule has 1 aromatic rings. The van der Waals surface area contributed by atoms with E-state index >= 15 is 0 Å². The van der Waals surface area contributed by atoms with Crippen molar-refractivity contribution in [3.05, 3.63) is 27.7 Å². The van der Waals surface area contributed by atoms with E-state index in [1.807, 2.05) is 0 Å². The molecule has 0 aliphatic heterocycles. The van der Waals surface area contributed by atoms with Crippen LogP contribution in [-0.2, 0) is 15.8 Å². The summed E-state index contributed by atoms with van der Waals surface area (Å²) in [5, 5.41) is 0. The Hall–Kier alpha value is -0.430. The Morgan fingerprint density at radius 1 is 1.52 bits per heavy atom. The van der Waals surface area contributed by atoms with Gasteiger partial charge in [0.1, 0.15) is 10.1 Å². The number of hydrogen-bond donors (Lipinski definition) is 1. The second-order valence-electron chi connectivity index (χ2n) is 6.62. The number of nitrogens with zero attached hydrogens (tertiary/aromatic N) is 1. The van der Waals surface area contributed by atoms with Gasteiger partial charge in [-0.2, -0.15) is 0 Å². The lowest BCUT2D eigenvalue weighted by molar-refractivity contribution is -0.0356. The predicted molar refractivity (Wildman–Crippen MR) is 85.8 cm³/mol. The van der Waals surface area contributed by atoms with Gasteiger partial charge in [-0.05, 0) is 30.1 Å². The molecule has 3 atom stereocenters. The maximum atomic E-state index is 12.3. The quantitative estimate of drug-likeness (QED) is 0.851. The summed E-state index contributed by atoms with van der Waals surface area (Å²) in [6.45, 7) is 8.64. The van der Waals surface area contributed by atoms with Crippen molar-refractivity contribution >= 4 is 33.0 Å². The number of halogens is 1. The predicted octanol–water partition coefficient (Wildman–Crippen LogP) is 3.21. The third kappa shape index (κ3) is 2.67. The molecule has 3 aliphatic rings. The highest BCUT2D eigenvalue weighted by Gasteiger charge is 2.55. The van der Waals surface area contributed by atoms with Gasteiger partial charge in [0, 0.05) is 6.04 Å². The zero-order valence-electron chi connectivity index (χ0n) is 12.1. The zero-order chi connectivity index (χ0) is 15.4. The van der Waals surface area contributed by atoms with E-state index in [-0.39, 0.29) is 17.2 Å². The van der Waals surface area contributed by atoms with Gasteiger partial charge >= 0.3 is 0 Å². The molecule has 3 fully saturated rings. The molecule has 1 unspecified atom stereocenters. The molecule has 0 amide bonds. The molecular formula is C14H19ClN2O2S2. The van der Waals surface area contributed by atoms with Crippen LogP contribution < -0.4 is 4.72 Å². The molecule has 0 spiro atoms. The number of aromatic nitrogens is 1. The summed E-state index contributed by atoms with van der Waals surface area (Å²) in [4.78, 5) is 4.00. The van der Waals surface area contributed by atoms with Gasteiger partial charge in [0.05, 0.1) is 11.2 Å². The van der Waals surface area contributed by atoms with Crippen LogP contribution in [0.15, 0.2) is 17.7 Å². The fourth-order valence-electron chi connectivity index (χ4n) is 3.64. The number of nitrogens with one attached hydrogen (secondary N) is 1. The van der Waals surface area contributed by atoms with E-state index in [9.17, 15) is 8.42 Å². The monoisotopic (exact) mass is 346 g/mol. The first-order valence-corrected chi connectivity index (χ1v) is 9.88. The van der Waals surface area contributed by atoms with Crippen molar-refractivity contribution in [2.75, 3.05) is 0 Å². The third-order valence-electron chi connectivity index (χ3n) is 5.13. The summed E-state index contributed by atoms with van der Waals surface area (Å²) in [7, 11) is -3.45. The van der Waals surface area contributed by atoms with Crippen LogP contribution in [0.4, 0.5) is 0 Å². The fourth-order valence-corrected chi connectivity index (χ4v) is 5.92. The van der Waals surface area contributed by atoms with Crippen LogP contribution in [0.5, 0.6) is 0 Å². The largest absolute Gasteiger partial charge is 0.247 e. The van der Waals surface area contributed by atoms with Gasteiger partial charge < -0.3 is 0 Å². The molecule has 0 saturated heterocycles. The molecule has 21 heavy (non-hydrogen) atoms. The topological polar surface area (TPSA) is 59.1 Å². The molecule has 1 aromatic heterocycles. The minimum Gasteiger partial charge on any atom is -0.247 e. The average Bonchev–Trinajstić information content (AvgIpc) is 2.76. The van der Waals surface area contributed by atoms with Gasteiger partial charge in [-0.15, -0.1) is 11.3 Å². The summed E-state index contributed by atoms with van der Waals surface area (Å²) in [6, 6.07) is -0.149. The maximum absolute atomic E-state index is 12.3. The summed E-state index contributed by atoms with van der Waals surface area (Å²) in [5.41, 5.74) is 3.26. The lowest BCUT2D eigenvalue weighted by Gasteiger charge is -2.59. The van der Waals surface area contributed by atoms with Crippen molar-refractivity contribution in [1.29, 1.82) is 0 Å². The van der Waals surface area contributed by atoms with Crippen LogP contribution in [0, 0.1) is 17.3 Å². The minimum atomic E-state index is -3.45. The molecule has 0 radical (unpaired) electrons. The van der Waals surface area contributed by atoms with E-state index in [1.54, 1.807) is 5.51 Å². The fraction of sp³-hybridized carbons (Fsp3) is 0.643. The molecule has 2 bridgehead atoms. The highest BCUT2D eigenvalue weighted by molar-refractivity contribution is 7.88. The number of thiazole rings is 1.